The predicted molar refractivity (Wildman–Crippen MR) is 60.6 cm³/mol. The van der Waals surface area contributed by atoms with Crippen LogP contribution >= 0.6 is 0 Å². The van der Waals surface area contributed by atoms with E-state index in [2.05, 4.69) is 5.10 Å². The molecule has 1 aromatic heterocycles. The first kappa shape index (κ1) is 12.6. The highest BCUT2D eigenvalue weighted by molar-refractivity contribution is 5.44. The number of alkyl halides is 3. The number of nitrogens with zero attached hydrogens (tertiary/aromatic N) is 2. The summed E-state index contributed by atoms with van der Waals surface area (Å²) in [6.07, 6.45) is -4.59. The van der Waals surface area contributed by atoms with Crippen molar-refractivity contribution in [3.05, 3.63) is 35.5 Å². The summed E-state index contributed by atoms with van der Waals surface area (Å²) in [6.45, 7) is 0.114. The second kappa shape index (κ2) is 4.32. The van der Waals surface area contributed by atoms with Gasteiger partial charge in [-0.1, -0.05) is 6.07 Å². The van der Waals surface area contributed by atoms with Crippen molar-refractivity contribution >= 4 is 0 Å². The molecule has 3 rings (SSSR count). The zero-order chi connectivity index (χ0) is 14.3. The van der Waals surface area contributed by atoms with E-state index in [-0.39, 0.29) is 13.3 Å². The van der Waals surface area contributed by atoms with E-state index >= 15 is 0 Å². The Kier molecular flexibility index (Phi) is 2.73. The third-order valence-corrected chi connectivity index (χ3v) is 2.82. The number of hydrogen-bond acceptors (Lipinski definition) is 4. The monoisotopic (exact) mass is 286 g/mol. The molecule has 106 valence electrons. The quantitative estimate of drug-likeness (QED) is 0.921. The van der Waals surface area contributed by atoms with Crippen LogP contribution in [0.3, 0.4) is 0 Å². The number of ether oxygens (including phenoxy) is 2. The third-order valence-electron chi connectivity index (χ3n) is 2.82. The minimum atomic E-state index is -4.59. The summed E-state index contributed by atoms with van der Waals surface area (Å²) in [5.41, 5.74) is -0.489. The molecule has 5 nitrogen and oxygen atoms in total. The van der Waals surface area contributed by atoms with Crippen LogP contribution in [0.4, 0.5) is 13.2 Å². The number of benzene rings is 1. The van der Waals surface area contributed by atoms with Gasteiger partial charge in [-0.15, -0.1) is 0 Å². The van der Waals surface area contributed by atoms with Crippen LogP contribution in [0.5, 0.6) is 17.4 Å². The summed E-state index contributed by atoms with van der Waals surface area (Å²) < 4.78 is 48.6. The molecule has 0 aliphatic carbocycles. The lowest BCUT2D eigenvalue weighted by atomic mass is 10.2. The molecular weight excluding hydrogens is 277 g/mol. The molecule has 0 radical (unpaired) electrons. The molecule has 0 saturated heterocycles. The molecule has 1 aromatic carbocycles. The van der Waals surface area contributed by atoms with Crippen LogP contribution in [-0.4, -0.2) is 21.7 Å². The zero-order valence-corrected chi connectivity index (χ0v) is 10.0. The van der Waals surface area contributed by atoms with Crippen LogP contribution in [0, 0.1) is 0 Å². The van der Waals surface area contributed by atoms with Crippen molar-refractivity contribution in [1.82, 2.24) is 9.78 Å². The molecular formula is C12H9F3N2O3. The van der Waals surface area contributed by atoms with E-state index in [1.165, 1.54) is 0 Å². The predicted octanol–water partition coefficient (Wildman–Crippen LogP) is 2.38. The average molecular weight is 286 g/mol. The maximum absolute atomic E-state index is 12.5. The molecule has 0 unspecified atom stereocenters. The summed E-state index contributed by atoms with van der Waals surface area (Å²) in [7, 11) is 0. The number of hydrogen-bond donors (Lipinski definition) is 1. The lowest BCUT2D eigenvalue weighted by Gasteiger charge is -2.05. The number of halogens is 3. The van der Waals surface area contributed by atoms with Gasteiger partial charge in [-0.2, -0.15) is 18.3 Å². The molecule has 20 heavy (non-hydrogen) atoms. The van der Waals surface area contributed by atoms with Crippen molar-refractivity contribution in [2.24, 2.45) is 0 Å². The SMILES string of the molecule is Oc1cc(C(F)(F)F)nn1Cc1ccc2c(c1)OCO2. The molecule has 1 aliphatic heterocycles. The summed E-state index contributed by atoms with van der Waals surface area (Å²) in [4.78, 5) is 0. The van der Waals surface area contributed by atoms with Crippen molar-refractivity contribution in [3.63, 3.8) is 0 Å². The molecule has 0 spiro atoms. The van der Waals surface area contributed by atoms with E-state index < -0.39 is 17.8 Å². The van der Waals surface area contributed by atoms with Crippen LogP contribution in [-0.2, 0) is 12.7 Å². The fourth-order valence-corrected chi connectivity index (χ4v) is 1.87. The Bertz CT molecular complexity index is 652. The second-order valence-electron chi connectivity index (χ2n) is 4.23. The summed E-state index contributed by atoms with van der Waals surface area (Å²) in [5, 5.41) is 12.8. The van der Waals surface area contributed by atoms with E-state index in [0.717, 1.165) is 4.68 Å². The largest absolute Gasteiger partial charge is 0.493 e. The standard InChI is InChI=1S/C12H9F3N2O3/c13-12(14,15)10-4-11(18)17(16-10)5-7-1-2-8-9(3-7)20-6-19-8/h1-4,18H,5-6H2. The third kappa shape index (κ3) is 2.24. The lowest BCUT2D eigenvalue weighted by molar-refractivity contribution is -0.141. The molecule has 2 aromatic rings. The maximum atomic E-state index is 12.5. The Balaban J connectivity index is 1.86. The lowest BCUT2D eigenvalue weighted by Crippen LogP contribution is -2.08. The van der Waals surface area contributed by atoms with E-state index in [1.807, 2.05) is 0 Å². The van der Waals surface area contributed by atoms with Gasteiger partial charge in [-0.05, 0) is 17.7 Å². The summed E-state index contributed by atoms with van der Waals surface area (Å²) in [5.74, 6) is 0.551. The number of fused-ring (bicyclic) bond motifs is 1. The molecule has 2 heterocycles. The van der Waals surface area contributed by atoms with Gasteiger partial charge in [-0.3, -0.25) is 0 Å². The maximum Gasteiger partial charge on any atom is 0.435 e. The van der Waals surface area contributed by atoms with Crippen molar-refractivity contribution < 1.29 is 27.8 Å². The van der Waals surface area contributed by atoms with Crippen LogP contribution in [0.25, 0.3) is 0 Å². The second-order valence-corrected chi connectivity index (χ2v) is 4.23. The van der Waals surface area contributed by atoms with Gasteiger partial charge in [-0.25, -0.2) is 4.68 Å². The number of aromatic nitrogens is 2. The van der Waals surface area contributed by atoms with Gasteiger partial charge in [0.15, 0.2) is 17.2 Å². The smallest absolute Gasteiger partial charge is 0.435 e. The Labute approximate surface area is 111 Å². The van der Waals surface area contributed by atoms with Crippen LogP contribution in [0.2, 0.25) is 0 Å². The zero-order valence-electron chi connectivity index (χ0n) is 10.0. The highest BCUT2D eigenvalue weighted by atomic mass is 19.4. The fraction of sp³-hybridized carbons (Fsp3) is 0.250. The van der Waals surface area contributed by atoms with Crippen molar-refractivity contribution in [1.29, 1.82) is 0 Å². The molecule has 0 bridgehead atoms. The first-order chi connectivity index (χ1) is 9.43. The summed E-state index contributed by atoms with van der Waals surface area (Å²) >= 11 is 0. The van der Waals surface area contributed by atoms with Gasteiger partial charge in [0.25, 0.3) is 0 Å². The number of rotatable bonds is 2. The van der Waals surface area contributed by atoms with Crippen LogP contribution < -0.4 is 9.47 Å². The Morgan fingerprint density at radius 1 is 1.20 bits per heavy atom. The first-order valence-electron chi connectivity index (χ1n) is 5.66. The van der Waals surface area contributed by atoms with Crippen molar-refractivity contribution in [2.75, 3.05) is 6.79 Å². The molecule has 0 fully saturated rings. The normalized spacial score (nSPS) is 13.8. The van der Waals surface area contributed by atoms with Gasteiger partial charge in [0.2, 0.25) is 12.7 Å². The highest BCUT2D eigenvalue weighted by Crippen LogP contribution is 2.34. The van der Waals surface area contributed by atoms with E-state index in [9.17, 15) is 18.3 Å². The van der Waals surface area contributed by atoms with Gasteiger partial charge >= 0.3 is 6.18 Å². The molecule has 0 atom stereocenters. The molecule has 0 amide bonds. The van der Waals surface area contributed by atoms with E-state index in [0.29, 0.717) is 23.1 Å². The summed E-state index contributed by atoms with van der Waals surface area (Å²) in [6, 6.07) is 5.55. The topological polar surface area (TPSA) is 56.5 Å². The van der Waals surface area contributed by atoms with E-state index in [4.69, 9.17) is 9.47 Å². The fourth-order valence-electron chi connectivity index (χ4n) is 1.87. The van der Waals surface area contributed by atoms with Crippen molar-refractivity contribution in [2.45, 2.75) is 12.7 Å². The van der Waals surface area contributed by atoms with Gasteiger partial charge in [0.1, 0.15) is 0 Å². The van der Waals surface area contributed by atoms with Crippen LogP contribution in [0.15, 0.2) is 24.3 Å². The minimum Gasteiger partial charge on any atom is -0.493 e. The minimum absolute atomic E-state index is 0.00144. The Hall–Kier alpha value is -2.38. The van der Waals surface area contributed by atoms with Crippen LogP contribution in [0.1, 0.15) is 11.3 Å². The number of aromatic hydroxyl groups is 1. The molecule has 8 heteroatoms. The average Bonchev–Trinajstić information content (AvgIpc) is 2.95. The van der Waals surface area contributed by atoms with Gasteiger partial charge < -0.3 is 14.6 Å². The molecule has 0 saturated carbocycles. The molecule has 1 aliphatic rings. The van der Waals surface area contributed by atoms with Gasteiger partial charge in [0.05, 0.1) is 6.54 Å². The Morgan fingerprint density at radius 3 is 2.65 bits per heavy atom. The first-order valence-corrected chi connectivity index (χ1v) is 5.66. The van der Waals surface area contributed by atoms with E-state index in [1.54, 1.807) is 18.2 Å². The Morgan fingerprint density at radius 2 is 1.95 bits per heavy atom. The van der Waals surface area contributed by atoms with Gasteiger partial charge in [0, 0.05) is 6.07 Å². The molecule has 1 N–H and O–H groups in total. The highest BCUT2D eigenvalue weighted by Gasteiger charge is 2.35. The van der Waals surface area contributed by atoms with Crippen molar-refractivity contribution in [3.8, 4) is 17.4 Å².